The van der Waals surface area contributed by atoms with E-state index >= 15 is 0 Å². The third-order valence-corrected chi connectivity index (χ3v) is 7.25. The molecule has 0 amide bonds. The van der Waals surface area contributed by atoms with E-state index in [1.165, 1.54) is 42.8 Å². The van der Waals surface area contributed by atoms with Gasteiger partial charge in [0.1, 0.15) is 18.4 Å². The Morgan fingerprint density at radius 3 is 2.68 bits per heavy atom. The van der Waals surface area contributed by atoms with Crippen LogP contribution in [0.4, 0.5) is 0 Å². The van der Waals surface area contributed by atoms with E-state index in [1.54, 1.807) is 7.11 Å². The van der Waals surface area contributed by atoms with Crippen LogP contribution in [-0.2, 0) is 14.9 Å². The second kappa shape index (κ2) is 6.18. The minimum atomic E-state index is -0.149. The fourth-order valence-corrected chi connectivity index (χ4v) is 5.35. The summed E-state index contributed by atoms with van der Waals surface area (Å²) in [5.41, 5.74) is -0.149. The van der Waals surface area contributed by atoms with Crippen molar-refractivity contribution < 1.29 is 9.47 Å². The van der Waals surface area contributed by atoms with Gasteiger partial charge in [0.2, 0.25) is 0 Å². The second-order valence-electron chi connectivity index (χ2n) is 7.66. The van der Waals surface area contributed by atoms with Crippen molar-refractivity contribution in [2.45, 2.75) is 68.4 Å². The summed E-state index contributed by atoms with van der Waals surface area (Å²) in [5.74, 6) is 2.99. The van der Waals surface area contributed by atoms with E-state index in [9.17, 15) is 0 Å². The first kappa shape index (κ1) is 16.0. The van der Waals surface area contributed by atoms with Crippen molar-refractivity contribution >= 4 is 11.3 Å². The van der Waals surface area contributed by atoms with Crippen molar-refractivity contribution in [2.24, 2.45) is 0 Å². The largest absolute Gasteiger partial charge is 0.359 e. The Kier molecular flexibility index (Phi) is 3.95. The maximum absolute atomic E-state index is 6.09. The van der Waals surface area contributed by atoms with Gasteiger partial charge in [-0.1, -0.05) is 12.5 Å². The predicted molar refractivity (Wildman–Crippen MR) is 96.0 cm³/mol. The van der Waals surface area contributed by atoms with E-state index in [-0.39, 0.29) is 11.5 Å². The van der Waals surface area contributed by atoms with Gasteiger partial charge in [0, 0.05) is 23.9 Å². The van der Waals surface area contributed by atoms with Gasteiger partial charge in [-0.25, -0.2) is 0 Å². The topological polar surface area (TPSA) is 49.2 Å². The molecule has 5 nitrogen and oxygen atoms in total. The number of aromatic nitrogens is 3. The molecule has 0 bridgehead atoms. The smallest absolute Gasteiger partial charge is 0.147 e. The molecule has 0 N–H and O–H groups in total. The van der Waals surface area contributed by atoms with Crippen LogP contribution in [0.5, 0.6) is 0 Å². The summed E-state index contributed by atoms with van der Waals surface area (Å²) in [7, 11) is 1.69. The SMILES string of the molecule is COCOC1CCC1(c1cccs1)c1nnc(C2CCC2)n1C1CC1. The quantitative estimate of drug-likeness (QED) is 0.701. The van der Waals surface area contributed by atoms with Crippen molar-refractivity contribution in [3.05, 3.63) is 34.0 Å². The van der Waals surface area contributed by atoms with Gasteiger partial charge in [-0.05, 0) is 50.0 Å². The van der Waals surface area contributed by atoms with E-state index in [2.05, 4.69) is 22.1 Å². The Morgan fingerprint density at radius 1 is 1.24 bits per heavy atom. The minimum Gasteiger partial charge on any atom is -0.359 e. The predicted octanol–water partition coefficient (Wildman–Crippen LogP) is 4.01. The third kappa shape index (κ3) is 2.41. The number of nitrogens with zero attached hydrogens (tertiary/aromatic N) is 3. The molecule has 5 rings (SSSR count). The highest BCUT2D eigenvalue weighted by molar-refractivity contribution is 7.10. The lowest BCUT2D eigenvalue weighted by molar-refractivity contribution is -0.128. The van der Waals surface area contributed by atoms with Gasteiger partial charge in [0.25, 0.3) is 0 Å². The molecule has 3 fully saturated rings. The average molecular weight is 359 g/mol. The summed E-state index contributed by atoms with van der Waals surface area (Å²) < 4.78 is 13.8. The van der Waals surface area contributed by atoms with Crippen molar-refractivity contribution in [1.29, 1.82) is 0 Å². The lowest BCUT2D eigenvalue weighted by Crippen LogP contribution is -2.52. The standard InChI is InChI=1S/C19H25N3O2S/c1-23-12-24-15-9-10-19(15,16-6-3-11-25-16)18-21-20-17(13-4-2-5-13)22(18)14-7-8-14/h3,6,11,13-15H,2,4-5,7-10,12H2,1H3. The monoisotopic (exact) mass is 359 g/mol. The van der Waals surface area contributed by atoms with Crippen LogP contribution in [0.1, 0.15) is 73.4 Å². The molecule has 2 atom stereocenters. The summed E-state index contributed by atoms with van der Waals surface area (Å²) >= 11 is 1.81. The molecule has 134 valence electrons. The van der Waals surface area contributed by atoms with Gasteiger partial charge in [0.05, 0.1) is 11.5 Å². The molecule has 3 saturated carbocycles. The van der Waals surface area contributed by atoms with Crippen LogP contribution in [0.25, 0.3) is 0 Å². The highest BCUT2D eigenvalue weighted by Crippen LogP contribution is 2.54. The molecule has 3 aliphatic carbocycles. The Bertz CT molecular complexity index is 736. The molecular formula is C19H25N3O2S. The molecule has 2 aromatic rings. The van der Waals surface area contributed by atoms with E-state index in [1.807, 2.05) is 11.3 Å². The summed E-state index contributed by atoms with van der Waals surface area (Å²) in [6.45, 7) is 0.338. The lowest BCUT2D eigenvalue weighted by Gasteiger charge is -2.47. The van der Waals surface area contributed by atoms with Crippen molar-refractivity contribution in [1.82, 2.24) is 14.8 Å². The molecule has 0 aliphatic heterocycles. The molecule has 2 aromatic heterocycles. The Morgan fingerprint density at radius 2 is 2.12 bits per heavy atom. The first-order valence-electron chi connectivity index (χ1n) is 9.44. The second-order valence-corrected chi connectivity index (χ2v) is 8.61. The van der Waals surface area contributed by atoms with Crippen molar-refractivity contribution in [2.75, 3.05) is 13.9 Å². The average Bonchev–Trinajstić information content (AvgIpc) is 3.07. The number of thiophene rings is 1. The fraction of sp³-hybridized carbons (Fsp3) is 0.684. The highest BCUT2D eigenvalue weighted by atomic mass is 32.1. The minimum absolute atomic E-state index is 0.127. The van der Waals surface area contributed by atoms with Crippen LogP contribution in [0, 0.1) is 0 Å². The first-order valence-corrected chi connectivity index (χ1v) is 10.3. The zero-order valence-electron chi connectivity index (χ0n) is 14.7. The summed E-state index contributed by atoms with van der Waals surface area (Å²) in [5, 5.41) is 11.7. The summed E-state index contributed by atoms with van der Waals surface area (Å²) in [6.07, 6.45) is 8.63. The van der Waals surface area contributed by atoms with Crippen LogP contribution in [-0.4, -0.2) is 34.8 Å². The van der Waals surface area contributed by atoms with Crippen LogP contribution >= 0.6 is 11.3 Å². The molecule has 0 radical (unpaired) electrons. The molecule has 6 heteroatoms. The van der Waals surface area contributed by atoms with Crippen LogP contribution < -0.4 is 0 Å². The number of hydrogen-bond acceptors (Lipinski definition) is 5. The van der Waals surface area contributed by atoms with Gasteiger partial charge in [0.15, 0.2) is 0 Å². The maximum atomic E-state index is 6.09. The normalized spacial score (nSPS) is 29.4. The van der Waals surface area contributed by atoms with E-state index in [0.717, 1.165) is 18.7 Å². The zero-order valence-corrected chi connectivity index (χ0v) is 15.5. The number of ether oxygens (including phenoxy) is 2. The van der Waals surface area contributed by atoms with Crippen LogP contribution in [0.15, 0.2) is 17.5 Å². The Balaban J connectivity index is 1.59. The van der Waals surface area contributed by atoms with E-state index in [0.29, 0.717) is 18.8 Å². The highest BCUT2D eigenvalue weighted by Gasteiger charge is 2.56. The van der Waals surface area contributed by atoms with E-state index < -0.39 is 0 Å². The molecule has 0 aromatic carbocycles. The summed E-state index contributed by atoms with van der Waals surface area (Å²) in [4.78, 5) is 1.36. The molecule has 25 heavy (non-hydrogen) atoms. The van der Waals surface area contributed by atoms with Gasteiger partial charge in [-0.3, -0.25) is 0 Å². The Hall–Kier alpha value is -1.24. The van der Waals surface area contributed by atoms with Crippen LogP contribution in [0.2, 0.25) is 0 Å². The fourth-order valence-electron chi connectivity index (χ4n) is 4.35. The van der Waals surface area contributed by atoms with Crippen molar-refractivity contribution in [3.63, 3.8) is 0 Å². The van der Waals surface area contributed by atoms with Gasteiger partial charge < -0.3 is 14.0 Å². The molecule has 0 saturated heterocycles. The zero-order chi connectivity index (χ0) is 16.9. The van der Waals surface area contributed by atoms with Gasteiger partial charge in [-0.15, -0.1) is 21.5 Å². The lowest BCUT2D eigenvalue weighted by atomic mass is 9.64. The van der Waals surface area contributed by atoms with Crippen LogP contribution in [0.3, 0.4) is 0 Å². The Labute approximate surface area is 152 Å². The molecule has 2 unspecified atom stereocenters. The van der Waals surface area contributed by atoms with Gasteiger partial charge in [-0.2, -0.15) is 0 Å². The molecule has 3 aliphatic rings. The molecular weight excluding hydrogens is 334 g/mol. The summed E-state index contributed by atoms with van der Waals surface area (Å²) in [6, 6.07) is 4.97. The number of hydrogen-bond donors (Lipinski definition) is 0. The molecule has 0 spiro atoms. The third-order valence-electron chi connectivity index (χ3n) is 6.20. The van der Waals surface area contributed by atoms with Crippen molar-refractivity contribution in [3.8, 4) is 0 Å². The number of rotatable bonds is 7. The van der Waals surface area contributed by atoms with Gasteiger partial charge >= 0.3 is 0 Å². The first-order chi connectivity index (χ1) is 12.3. The van der Waals surface area contributed by atoms with E-state index in [4.69, 9.17) is 19.7 Å². The number of methoxy groups -OCH3 is 1. The molecule has 2 heterocycles. The maximum Gasteiger partial charge on any atom is 0.147 e.